The van der Waals surface area contributed by atoms with E-state index in [-0.39, 0.29) is 0 Å². The van der Waals surface area contributed by atoms with Crippen LogP contribution >= 0.6 is 11.3 Å². The van der Waals surface area contributed by atoms with Crippen molar-refractivity contribution in [2.24, 2.45) is 0 Å². The van der Waals surface area contributed by atoms with Gasteiger partial charge in [0.1, 0.15) is 0 Å². The second-order valence-electron chi connectivity index (χ2n) is 21.6. The summed E-state index contributed by atoms with van der Waals surface area (Å²) in [5, 5.41) is 20.7. The molecule has 0 aliphatic heterocycles. The molecule has 18 aromatic rings. The number of thiophene rings is 1. The summed E-state index contributed by atoms with van der Waals surface area (Å²) in [6.07, 6.45) is 2.05. The van der Waals surface area contributed by atoms with Crippen molar-refractivity contribution in [1.29, 1.82) is 0 Å². The lowest BCUT2D eigenvalue weighted by Crippen LogP contribution is -1.96. The Balaban J connectivity index is 0.742. The third-order valence-corrected chi connectivity index (χ3v) is 18.5. The quantitative estimate of drug-likeness (QED) is 0.161. The van der Waals surface area contributed by atoms with Crippen LogP contribution in [-0.2, 0) is 0 Å². The van der Waals surface area contributed by atoms with E-state index in [4.69, 9.17) is 9.97 Å². The zero-order valence-corrected chi connectivity index (χ0v) is 44.4. The van der Waals surface area contributed by atoms with Crippen LogP contribution in [0.4, 0.5) is 0 Å². The molecular weight excluding hydrogens is 1000 g/mol. The predicted molar refractivity (Wildman–Crippen MR) is 345 cm³/mol. The summed E-state index contributed by atoms with van der Waals surface area (Å²) < 4.78 is 7.47. The summed E-state index contributed by atoms with van der Waals surface area (Å²) in [5.41, 5.74) is 13.6. The van der Waals surface area contributed by atoms with Crippen LogP contribution in [0.15, 0.2) is 267 Å². The smallest absolute Gasteiger partial charge is 0.159 e. The molecular formula is C76H44N4S. The van der Waals surface area contributed by atoms with Crippen molar-refractivity contribution in [1.82, 2.24) is 19.1 Å². The first kappa shape index (κ1) is 44.5. The van der Waals surface area contributed by atoms with E-state index < -0.39 is 0 Å². The van der Waals surface area contributed by atoms with Crippen molar-refractivity contribution in [3.05, 3.63) is 267 Å². The van der Waals surface area contributed by atoms with Crippen molar-refractivity contribution in [2.45, 2.75) is 0 Å². The maximum absolute atomic E-state index is 5.50. The SMILES string of the molecule is c1cc(-c2ccc3c4ccccc4c4ccccc4c3c2)cc(-c2ccc3c4ccccc4c4nc(-c5ccc6c(c5)c5ccccc5n6-c5ccc6c(c5)c5ccccc5n6-c5ccc6sc7ccccc7c6c5)ncc4c3c2)c1. The fraction of sp³-hybridized carbons (Fsp3) is 0. The van der Waals surface area contributed by atoms with Crippen LogP contribution in [0.5, 0.6) is 0 Å². The van der Waals surface area contributed by atoms with Gasteiger partial charge in [-0.2, -0.15) is 0 Å². The van der Waals surface area contributed by atoms with Crippen molar-refractivity contribution < 1.29 is 0 Å². The van der Waals surface area contributed by atoms with Gasteiger partial charge >= 0.3 is 0 Å². The van der Waals surface area contributed by atoms with E-state index in [9.17, 15) is 0 Å². The summed E-state index contributed by atoms with van der Waals surface area (Å²) in [6, 6.07) is 96.1. The Morgan fingerprint density at radius 1 is 0.247 bits per heavy atom. The van der Waals surface area contributed by atoms with Gasteiger partial charge in [0.05, 0.1) is 27.6 Å². The fourth-order valence-corrected chi connectivity index (χ4v) is 14.7. The Morgan fingerprint density at radius 2 is 0.667 bits per heavy atom. The number of hydrogen-bond acceptors (Lipinski definition) is 3. The maximum atomic E-state index is 5.50. The molecule has 0 fully saturated rings. The minimum atomic E-state index is 0.702. The summed E-state index contributed by atoms with van der Waals surface area (Å²) >= 11 is 1.86. The van der Waals surface area contributed by atoms with Crippen LogP contribution < -0.4 is 0 Å². The molecule has 0 aliphatic rings. The van der Waals surface area contributed by atoms with Gasteiger partial charge in [-0.15, -0.1) is 11.3 Å². The molecule has 0 saturated heterocycles. The molecule has 0 spiro atoms. The van der Waals surface area contributed by atoms with E-state index in [1.807, 2.05) is 11.3 Å². The monoisotopic (exact) mass is 1040 g/mol. The van der Waals surface area contributed by atoms with Crippen LogP contribution in [0, 0.1) is 0 Å². The molecule has 0 bridgehead atoms. The van der Waals surface area contributed by atoms with Crippen LogP contribution in [0.1, 0.15) is 0 Å². The Labute approximate surface area is 468 Å². The van der Waals surface area contributed by atoms with Gasteiger partial charge in [-0.25, -0.2) is 9.97 Å². The van der Waals surface area contributed by atoms with E-state index in [0.717, 1.165) is 60.5 Å². The minimum absolute atomic E-state index is 0.702. The van der Waals surface area contributed by atoms with E-state index in [1.165, 1.54) is 107 Å². The maximum Gasteiger partial charge on any atom is 0.159 e. The van der Waals surface area contributed by atoms with Crippen LogP contribution in [0.2, 0.25) is 0 Å². The molecule has 0 saturated carbocycles. The van der Waals surface area contributed by atoms with E-state index >= 15 is 0 Å². The normalized spacial score (nSPS) is 12.2. The average Bonchev–Trinajstić information content (AvgIpc) is 4.36. The second kappa shape index (κ2) is 17.0. The lowest BCUT2D eigenvalue weighted by atomic mass is 9.91. The zero-order chi connectivity index (χ0) is 52.9. The molecule has 14 aromatic carbocycles. The first-order valence-electron chi connectivity index (χ1n) is 27.7. The van der Waals surface area contributed by atoms with Crippen molar-refractivity contribution in [3.8, 4) is 45.0 Å². The van der Waals surface area contributed by atoms with Crippen molar-refractivity contribution in [3.63, 3.8) is 0 Å². The number of aromatic nitrogens is 4. The van der Waals surface area contributed by atoms with Gasteiger partial charge in [0.25, 0.3) is 0 Å². The molecule has 0 amide bonds. The van der Waals surface area contributed by atoms with Gasteiger partial charge in [-0.05, 0) is 162 Å². The summed E-state index contributed by atoms with van der Waals surface area (Å²) in [4.78, 5) is 10.7. The summed E-state index contributed by atoms with van der Waals surface area (Å²) in [7, 11) is 0. The Hall–Kier alpha value is -10.5. The lowest BCUT2D eigenvalue weighted by molar-refractivity contribution is 1.17. The highest BCUT2D eigenvalue weighted by Gasteiger charge is 2.20. The van der Waals surface area contributed by atoms with Gasteiger partial charge in [0.15, 0.2) is 5.82 Å². The number of fused-ring (bicyclic) bond motifs is 21. The number of hydrogen-bond donors (Lipinski definition) is 0. The molecule has 4 heterocycles. The molecule has 0 N–H and O–H groups in total. The van der Waals surface area contributed by atoms with Crippen LogP contribution in [0.25, 0.3) is 174 Å². The molecule has 5 heteroatoms. The van der Waals surface area contributed by atoms with E-state index in [2.05, 4.69) is 276 Å². The third kappa shape index (κ3) is 6.58. The fourth-order valence-electron chi connectivity index (χ4n) is 13.6. The number of para-hydroxylation sites is 2. The van der Waals surface area contributed by atoms with Gasteiger partial charge in [0, 0.05) is 75.6 Å². The van der Waals surface area contributed by atoms with E-state index in [0.29, 0.717) is 5.82 Å². The molecule has 0 atom stereocenters. The van der Waals surface area contributed by atoms with Crippen molar-refractivity contribution in [2.75, 3.05) is 0 Å². The van der Waals surface area contributed by atoms with Crippen LogP contribution in [-0.4, -0.2) is 19.1 Å². The number of nitrogens with zero attached hydrogens (tertiary/aromatic N) is 4. The Kier molecular flexibility index (Phi) is 9.35. The van der Waals surface area contributed by atoms with Gasteiger partial charge in [-0.3, -0.25) is 0 Å². The average molecular weight is 1050 g/mol. The third-order valence-electron chi connectivity index (χ3n) is 17.3. The molecule has 4 nitrogen and oxygen atoms in total. The largest absolute Gasteiger partial charge is 0.309 e. The molecule has 0 radical (unpaired) electrons. The highest BCUT2D eigenvalue weighted by Crippen LogP contribution is 2.43. The second-order valence-corrected chi connectivity index (χ2v) is 22.7. The zero-order valence-electron chi connectivity index (χ0n) is 43.6. The summed E-state index contributed by atoms with van der Waals surface area (Å²) in [6.45, 7) is 0. The van der Waals surface area contributed by atoms with Gasteiger partial charge < -0.3 is 9.13 Å². The van der Waals surface area contributed by atoms with E-state index in [1.54, 1.807) is 0 Å². The molecule has 0 aliphatic carbocycles. The van der Waals surface area contributed by atoms with Gasteiger partial charge in [-0.1, -0.05) is 170 Å². The first-order valence-corrected chi connectivity index (χ1v) is 28.5. The summed E-state index contributed by atoms with van der Waals surface area (Å²) in [5.74, 6) is 0.702. The first-order chi connectivity index (χ1) is 40.1. The predicted octanol–water partition coefficient (Wildman–Crippen LogP) is 21.0. The number of benzene rings is 14. The minimum Gasteiger partial charge on any atom is -0.309 e. The van der Waals surface area contributed by atoms with Crippen LogP contribution in [0.3, 0.4) is 0 Å². The Morgan fingerprint density at radius 3 is 1.31 bits per heavy atom. The van der Waals surface area contributed by atoms with Gasteiger partial charge in [0.2, 0.25) is 0 Å². The Bertz CT molecular complexity index is 5710. The molecule has 4 aromatic heterocycles. The highest BCUT2D eigenvalue weighted by molar-refractivity contribution is 7.25. The molecule has 0 unspecified atom stereocenters. The lowest BCUT2D eigenvalue weighted by Gasteiger charge is -2.14. The molecule has 18 rings (SSSR count). The van der Waals surface area contributed by atoms with Crippen molar-refractivity contribution >= 4 is 140 Å². The number of rotatable bonds is 5. The standard InChI is InChI=1S/C76H44N4S/c1-2-18-54-52(16-1)53-17-3-4-20-56(53)63-39-47(28-33-57(54)63)45-14-13-15-46(38-45)48-29-34-58-55-19-5-6-24-62(55)75-68(64(58)40-48)44-77-76(78-75)49-30-35-71-65(41-49)59-21-7-10-25-69(59)79(71)50-31-36-72-66(42-50)60-22-8-11-26-70(60)80(72)51-32-37-74-67(43-51)61-23-9-12-27-73(61)81-74/h1-44H. The highest BCUT2D eigenvalue weighted by atomic mass is 32.1. The topological polar surface area (TPSA) is 35.6 Å². The molecule has 81 heavy (non-hydrogen) atoms. The molecule has 374 valence electrons.